The van der Waals surface area contributed by atoms with Gasteiger partial charge in [0.2, 0.25) is 17.7 Å². The lowest BCUT2D eigenvalue weighted by Crippen LogP contribution is -2.54. The molecule has 20 nitrogen and oxygen atoms in total. The fraction of sp³-hybridized carbons (Fsp3) is 0.432. The van der Waals surface area contributed by atoms with Crippen molar-refractivity contribution >= 4 is 62.6 Å². The molecule has 65 heavy (non-hydrogen) atoms. The van der Waals surface area contributed by atoms with Crippen molar-refractivity contribution in [2.24, 2.45) is 0 Å². The van der Waals surface area contributed by atoms with E-state index < -0.39 is 75.1 Å². The molecule has 0 radical (unpaired) electrons. The molecule has 2 unspecified atom stereocenters. The molecular formula is C44H51N5O15S. The second kappa shape index (κ2) is 21.6. The minimum absolute atomic E-state index is 0.0127. The largest absolute Gasteiger partial charge is 0.493 e. The van der Waals surface area contributed by atoms with Crippen molar-refractivity contribution in [3.8, 4) is 11.5 Å². The summed E-state index contributed by atoms with van der Waals surface area (Å²) in [5.74, 6) is -5.38. The van der Waals surface area contributed by atoms with Crippen molar-refractivity contribution in [2.75, 3.05) is 89.2 Å². The molecule has 3 aromatic carbocycles. The molecule has 0 bridgehead atoms. The zero-order chi connectivity index (χ0) is 46.8. The molecule has 3 aliphatic rings. The SMILES string of the molecule is CCOCCOCCOCCOCC(Nc1cccc2c1C(=O)N(C1CCC(=O)NC1=O)C2=O)C(=O)Nc1cccc2c1C(=O)N([C@H](CS(C)(=O)=O)c1ccc(OC)c(OCC)c1)C2=O. The van der Waals surface area contributed by atoms with Gasteiger partial charge in [-0.25, -0.2) is 8.42 Å². The highest BCUT2D eigenvalue weighted by Crippen LogP contribution is 2.39. The number of imide groups is 3. The van der Waals surface area contributed by atoms with E-state index in [0.29, 0.717) is 32.2 Å². The van der Waals surface area contributed by atoms with E-state index in [1.54, 1.807) is 13.0 Å². The number of ether oxygens (including phenoxy) is 6. The van der Waals surface area contributed by atoms with Crippen LogP contribution in [-0.2, 0) is 43.2 Å². The molecule has 3 N–H and O–H groups in total. The Kier molecular flexibility index (Phi) is 16.0. The zero-order valence-electron chi connectivity index (χ0n) is 36.3. The zero-order valence-corrected chi connectivity index (χ0v) is 37.2. The molecule has 0 aromatic heterocycles. The predicted molar refractivity (Wildman–Crippen MR) is 232 cm³/mol. The Hall–Kier alpha value is -6.26. The average molecular weight is 922 g/mol. The summed E-state index contributed by atoms with van der Waals surface area (Å²) in [6, 6.07) is 9.29. The van der Waals surface area contributed by atoms with Crippen LogP contribution >= 0.6 is 0 Å². The topological polar surface area (TPSA) is 252 Å². The minimum atomic E-state index is -3.81. The van der Waals surface area contributed by atoms with Crippen molar-refractivity contribution in [3.05, 3.63) is 82.4 Å². The number of hydrogen-bond acceptors (Lipinski definition) is 16. The summed E-state index contributed by atoms with van der Waals surface area (Å²) >= 11 is 0. The average Bonchev–Trinajstić information content (AvgIpc) is 3.68. The van der Waals surface area contributed by atoms with E-state index >= 15 is 0 Å². The maximum atomic E-state index is 14.4. The van der Waals surface area contributed by atoms with E-state index in [0.717, 1.165) is 16.1 Å². The van der Waals surface area contributed by atoms with Crippen LogP contribution < -0.4 is 25.4 Å². The van der Waals surface area contributed by atoms with Crippen molar-refractivity contribution in [1.29, 1.82) is 0 Å². The molecule has 7 amide bonds. The van der Waals surface area contributed by atoms with Gasteiger partial charge in [0.25, 0.3) is 23.6 Å². The minimum Gasteiger partial charge on any atom is -0.493 e. The third kappa shape index (κ3) is 11.2. The molecule has 348 valence electrons. The first-order chi connectivity index (χ1) is 31.2. The van der Waals surface area contributed by atoms with E-state index in [1.165, 1.54) is 55.6 Å². The first-order valence-corrected chi connectivity index (χ1v) is 23.0. The van der Waals surface area contributed by atoms with Gasteiger partial charge in [-0.05, 0) is 62.2 Å². The van der Waals surface area contributed by atoms with Gasteiger partial charge < -0.3 is 39.1 Å². The lowest BCUT2D eigenvalue weighted by atomic mass is 10.0. The van der Waals surface area contributed by atoms with Gasteiger partial charge >= 0.3 is 0 Å². The first kappa shape index (κ1) is 48.2. The molecule has 0 spiro atoms. The molecule has 0 saturated carbocycles. The Labute approximate surface area is 375 Å². The molecule has 1 fully saturated rings. The van der Waals surface area contributed by atoms with Crippen molar-refractivity contribution < 1.29 is 70.4 Å². The molecule has 3 aliphatic heterocycles. The Morgan fingerprint density at radius 3 is 2.03 bits per heavy atom. The number of nitrogens with one attached hydrogen (secondary N) is 3. The van der Waals surface area contributed by atoms with E-state index in [-0.39, 0.29) is 90.8 Å². The van der Waals surface area contributed by atoms with Crippen LogP contribution in [0.1, 0.15) is 79.7 Å². The van der Waals surface area contributed by atoms with Crippen molar-refractivity contribution in [3.63, 3.8) is 0 Å². The standard InChI is InChI=1S/C44H51N5O15S/c1-5-60-17-18-61-19-20-62-21-22-63-24-31(45-29-11-7-9-27-37(29)43(55)48(41(27)53)32-14-16-36(50)47-40(32)52)39(51)46-30-12-8-10-28-38(30)44(56)49(42(28)54)33(25-65(4,57)58)26-13-15-34(59-3)35(23-26)64-6-2/h7-13,15,23,31-33,45H,5-6,14,16-22,24-25H2,1-4H3,(H,46,51)(H,47,50,52)/t31?,32?,33-/m1/s1. The van der Waals surface area contributed by atoms with Crippen LogP contribution in [0, 0.1) is 0 Å². The maximum Gasteiger partial charge on any atom is 0.264 e. The molecule has 21 heteroatoms. The van der Waals surface area contributed by atoms with Gasteiger partial charge in [0.15, 0.2) is 11.5 Å². The van der Waals surface area contributed by atoms with E-state index in [4.69, 9.17) is 28.4 Å². The third-order valence-corrected chi connectivity index (χ3v) is 11.5. The van der Waals surface area contributed by atoms with Crippen LogP contribution in [-0.4, -0.2) is 150 Å². The van der Waals surface area contributed by atoms with Gasteiger partial charge in [0.1, 0.15) is 21.9 Å². The summed E-state index contributed by atoms with van der Waals surface area (Å²) in [5.41, 5.74) is -0.203. The molecule has 0 aliphatic carbocycles. The number of carbonyl (C=O) groups excluding carboxylic acids is 7. The van der Waals surface area contributed by atoms with E-state index in [9.17, 15) is 42.0 Å². The summed E-state index contributed by atoms with van der Waals surface area (Å²) in [5, 5.41) is 7.87. The van der Waals surface area contributed by atoms with Crippen molar-refractivity contribution in [1.82, 2.24) is 15.1 Å². The molecule has 1 saturated heterocycles. The number of piperidine rings is 1. The van der Waals surface area contributed by atoms with Crippen LogP contribution in [0.5, 0.6) is 11.5 Å². The number of benzene rings is 3. The van der Waals surface area contributed by atoms with Gasteiger partial charge in [-0.2, -0.15) is 0 Å². The fourth-order valence-electron chi connectivity index (χ4n) is 7.59. The fourth-order valence-corrected chi connectivity index (χ4v) is 8.51. The number of amides is 7. The highest BCUT2D eigenvalue weighted by molar-refractivity contribution is 7.90. The number of anilines is 2. The Bertz CT molecular complexity index is 2440. The predicted octanol–water partition coefficient (Wildman–Crippen LogP) is 2.38. The highest BCUT2D eigenvalue weighted by Gasteiger charge is 2.47. The normalized spacial score (nSPS) is 16.9. The van der Waals surface area contributed by atoms with Crippen LogP contribution in [0.25, 0.3) is 0 Å². The van der Waals surface area contributed by atoms with Gasteiger partial charge in [0, 0.05) is 25.0 Å². The van der Waals surface area contributed by atoms with Crippen LogP contribution in [0.2, 0.25) is 0 Å². The summed E-state index contributed by atoms with van der Waals surface area (Å²) in [6.07, 6.45) is 0.835. The first-order valence-electron chi connectivity index (χ1n) is 20.9. The summed E-state index contributed by atoms with van der Waals surface area (Å²) < 4.78 is 58.8. The van der Waals surface area contributed by atoms with E-state index in [1.807, 2.05) is 6.92 Å². The van der Waals surface area contributed by atoms with Gasteiger partial charge in [-0.1, -0.05) is 18.2 Å². The molecule has 3 atom stereocenters. The summed E-state index contributed by atoms with van der Waals surface area (Å²) in [6.45, 7) is 5.66. The molecular weight excluding hydrogens is 871 g/mol. The Balaban J connectivity index is 1.25. The number of carbonyl (C=O) groups is 7. The molecule has 3 heterocycles. The van der Waals surface area contributed by atoms with Gasteiger partial charge in [-0.15, -0.1) is 0 Å². The quantitative estimate of drug-likeness (QED) is 0.0862. The van der Waals surface area contributed by atoms with Gasteiger partial charge in [0.05, 0.1) is 99.7 Å². The van der Waals surface area contributed by atoms with Gasteiger partial charge in [-0.3, -0.25) is 48.7 Å². The number of fused-ring (bicyclic) bond motifs is 2. The van der Waals surface area contributed by atoms with Crippen molar-refractivity contribution in [2.45, 2.75) is 44.8 Å². The van der Waals surface area contributed by atoms with Crippen LogP contribution in [0.3, 0.4) is 0 Å². The lowest BCUT2D eigenvalue weighted by molar-refractivity contribution is -0.136. The number of methoxy groups -OCH3 is 1. The second-order valence-corrected chi connectivity index (χ2v) is 17.2. The number of rotatable bonds is 24. The van der Waals surface area contributed by atoms with E-state index in [2.05, 4.69) is 16.0 Å². The highest BCUT2D eigenvalue weighted by atomic mass is 32.2. The molecule has 3 aromatic rings. The number of nitrogens with zero attached hydrogens (tertiary/aromatic N) is 2. The maximum absolute atomic E-state index is 14.4. The monoisotopic (exact) mass is 921 g/mol. The lowest BCUT2D eigenvalue weighted by Gasteiger charge is -2.28. The van der Waals surface area contributed by atoms with Crippen LogP contribution in [0.15, 0.2) is 54.6 Å². The summed E-state index contributed by atoms with van der Waals surface area (Å²) in [7, 11) is -2.38. The second-order valence-electron chi connectivity index (χ2n) is 15.0. The van der Waals surface area contributed by atoms with Crippen LogP contribution in [0.4, 0.5) is 11.4 Å². The molecule has 6 rings (SSSR count). The third-order valence-electron chi connectivity index (χ3n) is 10.6. The smallest absolute Gasteiger partial charge is 0.264 e. The Morgan fingerprint density at radius 1 is 0.769 bits per heavy atom. The summed E-state index contributed by atoms with van der Waals surface area (Å²) in [4.78, 5) is 96.6. The number of hydrogen-bond donors (Lipinski definition) is 3. The number of sulfone groups is 1. The Morgan fingerprint density at radius 2 is 1.40 bits per heavy atom.